The van der Waals surface area contributed by atoms with Gasteiger partial charge >= 0.3 is 0 Å². The van der Waals surface area contributed by atoms with E-state index in [4.69, 9.17) is 4.74 Å². The first kappa shape index (κ1) is 13.3. The van der Waals surface area contributed by atoms with Crippen molar-refractivity contribution in [3.8, 4) is 0 Å². The van der Waals surface area contributed by atoms with Crippen LogP contribution in [0.15, 0.2) is 60.7 Å². The van der Waals surface area contributed by atoms with Gasteiger partial charge < -0.3 is 4.74 Å². The molecule has 1 saturated heterocycles. The fraction of sp³-hybridized carbons (Fsp3) is 0.333. The van der Waals surface area contributed by atoms with Crippen molar-refractivity contribution in [2.24, 2.45) is 0 Å². The lowest BCUT2D eigenvalue weighted by Crippen LogP contribution is -2.43. The Hall–Kier alpha value is -1.64. The Kier molecular flexibility index (Phi) is 4.14. The van der Waals surface area contributed by atoms with Gasteiger partial charge in [0.1, 0.15) is 0 Å². The van der Waals surface area contributed by atoms with Crippen molar-refractivity contribution in [3.63, 3.8) is 0 Å². The summed E-state index contributed by atoms with van der Waals surface area (Å²) >= 11 is 0. The first-order valence-corrected chi connectivity index (χ1v) is 7.29. The van der Waals surface area contributed by atoms with Crippen LogP contribution in [0.25, 0.3) is 0 Å². The number of ether oxygens (including phenoxy) is 1. The molecule has 104 valence electrons. The minimum Gasteiger partial charge on any atom is -0.375 e. The normalized spacial score (nSPS) is 23.6. The van der Waals surface area contributed by atoms with Crippen molar-refractivity contribution in [1.29, 1.82) is 0 Å². The van der Waals surface area contributed by atoms with Crippen molar-refractivity contribution in [3.05, 3.63) is 71.8 Å². The van der Waals surface area contributed by atoms with Gasteiger partial charge in [-0.25, -0.2) is 0 Å². The monoisotopic (exact) mass is 267 g/mol. The van der Waals surface area contributed by atoms with Gasteiger partial charge in [0.05, 0.1) is 18.8 Å². The van der Waals surface area contributed by atoms with Crippen LogP contribution in [-0.2, 0) is 11.3 Å². The summed E-state index contributed by atoms with van der Waals surface area (Å²) in [5.41, 5.74) is 2.71. The molecule has 1 aliphatic rings. The molecule has 2 nitrogen and oxygen atoms in total. The zero-order valence-electron chi connectivity index (χ0n) is 11.9. The van der Waals surface area contributed by atoms with E-state index in [2.05, 4.69) is 72.5 Å². The van der Waals surface area contributed by atoms with E-state index in [0.29, 0.717) is 6.04 Å². The molecule has 20 heavy (non-hydrogen) atoms. The number of hydrogen-bond donors (Lipinski definition) is 0. The summed E-state index contributed by atoms with van der Waals surface area (Å²) in [6, 6.07) is 21.7. The van der Waals surface area contributed by atoms with E-state index in [1.165, 1.54) is 11.1 Å². The molecule has 3 rings (SSSR count). The topological polar surface area (TPSA) is 12.5 Å². The third kappa shape index (κ3) is 2.92. The number of benzene rings is 2. The molecule has 2 aromatic carbocycles. The lowest BCUT2D eigenvalue weighted by atomic mass is 9.98. The molecule has 0 radical (unpaired) electrons. The molecule has 0 amide bonds. The highest BCUT2D eigenvalue weighted by Crippen LogP contribution is 2.30. The van der Waals surface area contributed by atoms with E-state index in [9.17, 15) is 0 Å². The molecule has 0 bridgehead atoms. The summed E-state index contributed by atoms with van der Waals surface area (Å²) in [6.07, 6.45) is 0.231. The van der Waals surface area contributed by atoms with Crippen LogP contribution in [0.1, 0.15) is 24.1 Å². The molecule has 0 saturated carbocycles. The molecule has 0 spiro atoms. The number of morpholine rings is 1. The summed E-state index contributed by atoms with van der Waals surface area (Å²) < 4.78 is 5.87. The maximum Gasteiger partial charge on any atom is 0.0744 e. The smallest absolute Gasteiger partial charge is 0.0744 e. The van der Waals surface area contributed by atoms with Gasteiger partial charge in [-0.15, -0.1) is 0 Å². The molecule has 2 aromatic rings. The lowest BCUT2D eigenvalue weighted by molar-refractivity contribution is -0.0668. The van der Waals surface area contributed by atoms with Gasteiger partial charge in [0.25, 0.3) is 0 Å². The van der Waals surface area contributed by atoms with Crippen molar-refractivity contribution in [2.75, 3.05) is 13.2 Å². The number of hydrogen-bond acceptors (Lipinski definition) is 2. The standard InChI is InChI=1S/C18H21NO/c1-15-18(17-10-6-3-7-11-17)19(12-13-20-15)14-16-8-4-2-5-9-16/h2-11,15,18H,12-14H2,1H3/t15-,18+/m1/s1. The van der Waals surface area contributed by atoms with Gasteiger partial charge in [-0.1, -0.05) is 60.7 Å². The van der Waals surface area contributed by atoms with E-state index in [1.54, 1.807) is 0 Å². The Morgan fingerprint density at radius 1 is 1.00 bits per heavy atom. The molecular weight excluding hydrogens is 246 g/mol. The van der Waals surface area contributed by atoms with E-state index in [0.717, 1.165) is 19.7 Å². The maximum absolute atomic E-state index is 5.87. The number of rotatable bonds is 3. The fourth-order valence-corrected chi connectivity index (χ4v) is 3.01. The number of nitrogens with zero attached hydrogens (tertiary/aromatic N) is 1. The molecular formula is C18H21NO. The first-order valence-electron chi connectivity index (χ1n) is 7.29. The van der Waals surface area contributed by atoms with Gasteiger partial charge in [-0.3, -0.25) is 4.90 Å². The molecule has 2 heteroatoms. The van der Waals surface area contributed by atoms with E-state index < -0.39 is 0 Å². The summed E-state index contributed by atoms with van der Waals surface area (Å²) in [5.74, 6) is 0. The first-order chi connectivity index (χ1) is 9.84. The summed E-state index contributed by atoms with van der Waals surface area (Å²) in [5, 5.41) is 0. The quantitative estimate of drug-likeness (QED) is 0.841. The Bertz CT molecular complexity index is 526. The molecule has 0 aromatic heterocycles. The van der Waals surface area contributed by atoms with Crippen molar-refractivity contribution >= 4 is 0 Å². The SMILES string of the molecule is C[C@H]1OCCN(Cc2ccccc2)[C@@H]1c1ccccc1. The van der Waals surface area contributed by atoms with Gasteiger partial charge in [0.2, 0.25) is 0 Å². The van der Waals surface area contributed by atoms with Gasteiger partial charge in [0, 0.05) is 13.1 Å². The van der Waals surface area contributed by atoms with Crippen LogP contribution in [0.4, 0.5) is 0 Å². The summed E-state index contributed by atoms with van der Waals surface area (Å²) in [6.45, 7) is 4.96. The van der Waals surface area contributed by atoms with Crippen LogP contribution in [0.3, 0.4) is 0 Å². The average molecular weight is 267 g/mol. The highest BCUT2D eigenvalue weighted by atomic mass is 16.5. The average Bonchev–Trinajstić information content (AvgIpc) is 2.49. The van der Waals surface area contributed by atoms with Crippen molar-refractivity contribution < 1.29 is 4.74 Å². The zero-order chi connectivity index (χ0) is 13.8. The Labute approximate surface area is 121 Å². The van der Waals surface area contributed by atoms with E-state index in [-0.39, 0.29) is 6.10 Å². The minimum absolute atomic E-state index is 0.231. The maximum atomic E-state index is 5.87. The highest BCUT2D eigenvalue weighted by molar-refractivity contribution is 5.22. The molecule has 0 aliphatic carbocycles. The van der Waals surface area contributed by atoms with Crippen molar-refractivity contribution in [2.45, 2.75) is 25.6 Å². The second-order valence-corrected chi connectivity index (χ2v) is 5.39. The molecule has 1 heterocycles. The largest absolute Gasteiger partial charge is 0.375 e. The van der Waals surface area contributed by atoms with Gasteiger partial charge in [-0.05, 0) is 18.1 Å². The van der Waals surface area contributed by atoms with E-state index >= 15 is 0 Å². The Morgan fingerprint density at radius 2 is 1.65 bits per heavy atom. The van der Waals surface area contributed by atoms with Crippen molar-refractivity contribution in [1.82, 2.24) is 4.90 Å². The molecule has 1 aliphatic heterocycles. The van der Waals surface area contributed by atoms with Crippen LogP contribution in [0, 0.1) is 0 Å². The molecule has 0 unspecified atom stereocenters. The summed E-state index contributed by atoms with van der Waals surface area (Å²) in [4.78, 5) is 2.53. The summed E-state index contributed by atoms with van der Waals surface area (Å²) in [7, 11) is 0. The lowest BCUT2D eigenvalue weighted by Gasteiger charge is -2.40. The molecule has 2 atom stereocenters. The van der Waals surface area contributed by atoms with Crippen LogP contribution in [0.5, 0.6) is 0 Å². The molecule has 1 fully saturated rings. The van der Waals surface area contributed by atoms with E-state index in [1.807, 2.05) is 0 Å². The molecule has 0 N–H and O–H groups in total. The van der Waals surface area contributed by atoms with Gasteiger partial charge in [-0.2, -0.15) is 0 Å². The Balaban J connectivity index is 1.83. The van der Waals surface area contributed by atoms with Crippen LogP contribution in [0.2, 0.25) is 0 Å². The van der Waals surface area contributed by atoms with Crippen LogP contribution in [-0.4, -0.2) is 24.2 Å². The van der Waals surface area contributed by atoms with Gasteiger partial charge in [0.15, 0.2) is 0 Å². The Morgan fingerprint density at radius 3 is 2.35 bits per heavy atom. The van der Waals surface area contributed by atoms with Crippen LogP contribution >= 0.6 is 0 Å². The second-order valence-electron chi connectivity index (χ2n) is 5.39. The third-order valence-electron chi connectivity index (χ3n) is 3.97. The zero-order valence-corrected chi connectivity index (χ0v) is 11.9. The van der Waals surface area contributed by atoms with Crippen LogP contribution < -0.4 is 0 Å². The minimum atomic E-state index is 0.231. The highest BCUT2D eigenvalue weighted by Gasteiger charge is 2.30. The fourth-order valence-electron chi connectivity index (χ4n) is 3.01. The second kappa shape index (κ2) is 6.21. The predicted octanol–water partition coefficient (Wildman–Crippen LogP) is 3.65. The predicted molar refractivity (Wildman–Crippen MR) is 81.4 cm³/mol. The third-order valence-corrected chi connectivity index (χ3v) is 3.97.